The van der Waals surface area contributed by atoms with Gasteiger partial charge in [-0.1, -0.05) is 30.3 Å². The van der Waals surface area contributed by atoms with Crippen LogP contribution in [0.5, 0.6) is 5.75 Å². The molecule has 108 valence electrons. The predicted octanol–water partition coefficient (Wildman–Crippen LogP) is 2.38. The van der Waals surface area contributed by atoms with Gasteiger partial charge in [-0.3, -0.25) is 4.79 Å². The Morgan fingerprint density at radius 2 is 2.10 bits per heavy atom. The van der Waals surface area contributed by atoms with Crippen LogP contribution >= 0.6 is 0 Å². The highest BCUT2D eigenvalue weighted by Gasteiger charge is 2.23. The van der Waals surface area contributed by atoms with Crippen LogP contribution in [0.15, 0.2) is 42.5 Å². The summed E-state index contributed by atoms with van der Waals surface area (Å²) in [5, 5.41) is 10.6. The molecular weight excluding hydrogens is 268 g/mol. The van der Waals surface area contributed by atoms with Gasteiger partial charge in [-0.2, -0.15) is 0 Å². The van der Waals surface area contributed by atoms with Crippen molar-refractivity contribution in [3.63, 3.8) is 0 Å². The number of benzene rings is 2. The van der Waals surface area contributed by atoms with Gasteiger partial charge in [-0.05, 0) is 28.8 Å². The quantitative estimate of drug-likeness (QED) is 0.860. The van der Waals surface area contributed by atoms with Gasteiger partial charge in [0, 0.05) is 5.56 Å². The molecule has 1 atom stereocenters. The summed E-state index contributed by atoms with van der Waals surface area (Å²) in [5.74, 6) is 0.340. The van der Waals surface area contributed by atoms with Crippen LogP contribution in [-0.2, 0) is 22.6 Å². The SMILES string of the molecule is COC(=O)Cc1ccc2c(c1)[C@H](O)c1ccccc1CO2. The lowest BCUT2D eigenvalue weighted by atomic mass is 9.96. The molecule has 3 rings (SSSR count). The lowest BCUT2D eigenvalue weighted by Crippen LogP contribution is -2.06. The van der Waals surface area contributed by atoms with Crippen LogP contribution in [-0.4, -0.2) is 18.2 Å². The van der Waals surface area contributed by atoms with E-state index in [-0.39, 0.29) is 12.4 Å². The van der Waals surface area contributed by atoms with E-state index >= 15 is 0 Å². The number of aliphatic hydroxyl groups excluding tert-OH is 1. The van der Waals surface area contributed by atoms with Crippen molar-refractivity contribution >= 4 is 5.97 Å². The summed E-state index contributed by atoms with van der Waals surface area (Å²) in [6.45, 7) is 0.427. The van der Waals surface area contributed by atoms with Gasteiger partial charge in [0.05, 0.1) is 13.5 Å². The Kier molecular flexibility index (Phi) is 3.62. The van der Waals surface area contributed by atoms with Gasteiger partial charge in [0.15, 0.2) is 0 Å². The maximum absolute atomic E-state index is 11.4. The fourth-order valence-electron chi connectivity index (χ4n) is 2.55. The molecule has 4 heteroatoms. The smallest absolute Gasteiger partial charge is 0.309 e. The van der Waals surface area contributed by atoms with Crippen molar-refractivity contribution < 1.29 is 19.4 Å². The summed E-state index contributed by atoms with van der Waals surface area (Å²) in [6, 6.07) is 13.1. The van der Waals surface area contributed by atoms with Crippen LogP contribution < -0.4 is 4.74 Å². The van der Waals surface area contributed by atoms with Crippen molar-refractivity contribution in [2.45, 2.75) is 19.1 Å². The normalized spacial score (nSPS) is 16.2. The average molecular weight is 284 g/mol. The van der Waals surface area contributed by atoms with E-state index in [1.54, 1.807) is 12.1 Å². The lowest BCUT2D eigenvalue weighted by Gasteiger charge is -2.14. The van der Waals surface area contributed by atoms with E-state index in [1.807, 2.05) is 30.3 Å². The minimum atomic E-state index is -0.753. The number of carbonyl (C=O) groups is 1. The Morgan fingerprint density at radius 1 is 1.29 bits per heavy atom. The van der Waals surface area contributed by atoms with E-state index in [9.17, 15) is 9.90 Å². The Morgan fingerprint density at radius 3 is 2.90 bits per heavy atom. The van der Waals surface area contributed by atoms with Crippen molar-refractivity contribution in [3.05, 3.63) is 64.7 Å². The van der Waals surface area contributed by atoms with E-state index < -0.39 is 6.10 Å². The number of hydrogen-bond donors (Lipinski definition) is 1. The molecule has 2 aromatic carbocycles. The van der Waals surface area contributed by atoms with E-state index in [1.165, 1.54) is 7.11 Å². The Bertz CT molecular complexity index is 678. The molecule has 4 nitrogen and oxygen atoms in total. The molecule has 0 saturated carbocycles. The molecule has 0 aliphatic carbocycles. The zero-order valence-corrected chi connectivity index (χ0v) is 11.7. The Hall–Kier alpha value is -2.33. The number of fused-ring (bicyclic) bond motifs is 2. The second-order valence-corrected chi connectivity index (χ2v) is 5.02. The maximum atomic E-state index is 11.4. The Labute approximate surface area is 122 Å². The third kappa shape index (κ3) is 2.62. The summed E-state index contributed by atoms with van der Waals surface area (Å²) in [5.41, 5.74) is 3.28. The van der Waals surface area contributed by atoms with E-state index in [0.717, 1.165) is 16.7 Å². The van der Waals surface area contributed by atoms with Crippen LogP contribution in [0.2, 0.25) is 0 Å². The van der Waals surface area contributed by atoms with Crippen LogP contribution in [0.4, 0.5) is 0 Å². The van der Waals surface area contributed by atoms with Crippen molar-refractivity contribution in [1.82, 2.24) is 0 Å². The fraction of sp³-hybridized carbons (Fsp3) is 0.235. The number of aliphatic hydroxyl groups is 1. The average Bonchev–Trinajstić information content (AvgIpc) is 2.65. The number of methoxy groups -OCH3 is 1. The molecule has 1 aliphatic rings. The summed E-state index contributed by atoms with van der Waals surface area (Å²) in [6.07, 6.45) is -0.575. The fourth-order valence-corrected chi connectivity index (χ4v) is 2.55. The highest BCUT2D eigenvalue weighted by molar-refractivity contribution is 5.72. The maximum Gasteiger partial charge on any atom is 0.309 e. The van der Waals surface area contributed by atoms with Crippen molar-refractivity contribution in [2.75, 3.05) is 7.11 Å². The molecule has 0 radical (unpaired) electrons. The molecule has 1 aliphatic heterocycles. The first-order valence-corrected chi connectivity index (χ1v) is 6.77. The van der Waals surface area contributed by atoms with Gasteiger partial charge in [0.2, 0.25) is 0 Å². The zero-order valence-electron chi connectivity index (χ0n) is 11.7. The number of rotatable bonds is 2. The molecule has 0 bridgehead atoms. The van der Waals surface area contributed by atoms with Crippen molar-refractivity contribution in [2.24, 2.45) is 0 Å². The van der Waals surface area contributed by atoms with Gasteiger partial charge >= 0.3 is 5.97 Å². The number of carbonyl (C=O) groups excluding carboxylic acids is 1. The standard InChI is InChI=1S/C17H16O4/c1-20-16(18)9-11-6-7-15-14(8-11)17(19)13-5-3-2-4-12(13)10-21-15/h2-8,17,19H,9-10H2,1H3/t17-/m1/s1. The first-order chi connectivity index (χ1) is 10.2. The lowest BCUT2D eigenvalue weighted by molar-refractivity contribution is -0.139. The summed E-state index contributed by atoms with van der Waals surface area (Å²) in [4.78, 5) is 11.4. The third-order valence-electron chi connectivity index (χ3n) is 3.68. The summed E-state index contributed by atoms with van der Waals surface area (Å²) >= 11 is 0. The van der Waals surface area contributed by atoms with E-state index in [0.29, 0.717) is 17.9 Å². The first-order valence-electron chi connectivity index (χ1n) is 6.77. The zero-order chi connectivity index (χ0) is 14.8. The van der Waals surface area contributed by atoms with Gasteiger partial charge in [0.25, 0.3) is 0 Å². The molecule has 0 fully saturated rings. The molecule has 0 unspecified atom stereocenters. The third-order valence-corrected chi connectivity index (χ3v) is 3.68. The number of esters is 1. The summed E-state index contributed by atoms with van der Waals surface area (Å²) in [7, 11) is 1.36. The summed E-state index contributed by atoms with van der Waals surface area (Å²) < 4.78 is 10.4. The molecule has 21 heavy (non-hydrogen) atoms. The number of hydrogen-bond acceptors (Lipinski definition) is 4. The molecule has 0 amide bonds. The molecule has 1 heterocycles. The number of ether oxygens (including phenoxy) is 2. The Balaban J connectivity index is 2.00. The molecule has 0 spiro atoms. The van der Waals surface area contributed by atoms with Crippen molar-refractivity contribution in [3.8, 4) is 5.75 Å². The minimum Gasteiger partial charge on any atom is -0.488 e. The first kappa shape index (κ1) is 13.6. The topological polar surface area (TPSA) is 55.8 Å². The van der Waals surface area contributed by atoms with Crippen LogP contribution in [0, 0.1) is 0 Å². The highest BCUT2D eigenvalue weighted by Crippen LogP contribution is 2.36. The van der Waals surface area contributed by atoms with E-state index in [2.05, 4.69) is 4.74 Å². The van der Waals surface area contributed by atoms with Crippen molar-refractivity contribution in [1.29, 1.82) is 0 Å². The minimum absolute atomic E-state index is 0.179. The molecular formula is C17H16O4. The second-order valence-electron chi connectivity index (χ2n) is 5.02. The van der Waals surface area contributed by atoms with Gasteiger partial charge < -0.3 is 14.6 Å². The highest BCUT2D eigenvalue weighted by atomic mass is 16.5. The van der Waals surface area contributed by atoms with Crippen LogP contribution in [0.1, 0.15) is 28.4 Å². The monoisotopic (exact) mass is 284 g/mol. The second kappa shape index (κ2) is 5.58. The molecule has 0 aromatic heterocycles. The van der Waals surface area contributed by atoms with Crippen LogP contribution in [0.25, 0.3) is 0 Å². The van der Waals surface area contributed by atoms with E-state index in [4.69, 9.17) is 4.74 Å². The van der Waals surface area contributed by atoms with Gasteiger partial charge in [0.1, 0.15) is 18.5 Å². The largest absolute Gasteiger partial charge is 0.488 e. The molecule has 1 N–H and O–H groups in total. The predicted molar refractivity (Wildman–Crippen MR) is 77.0 cm³/mol. The molecule has 0 saturated heterocycles. The van der Waals surface area contributed by atoms with Gasteiger partial charge in [-0.15, -0.1) is 0 Å². The molecule has 2 aromatic rings. The van der Waals surface area contributed by atoms with Crippen LogP contribution in [0.3, 0.4) is 0 Å². The van der Waals surface area contributed by atoms with Gasteiger partial charge in [-0.25, -0.2) is 0 Å².